The summed E-state index contributed by atoms with van der Waals surface area (Å²) >= 11 is 6.12. The Morgan fingerprint density at radius 1 is 0.868 bits per heavy atom. The molecule has 38 heavy (non-hydrogen) atoms. The van der Waals surface area contributed by atoms with Gasteiger partial charge in [0.15, 0.2) is 5.78 Å². The van der Waals surface area contributed by atoms with Crippen molar-refractivity contribution < 1.29 is 22.7 Å². The monoisotopic (exact) mass is 548 g/mol. The lowest BCUT2D eigenvalue weighted by atomic mass is 10.0. The van der Waals surface area contributed by atoms with Crippen molar-refractivity contribution in [3.8, 4) is 5.75 Å². The number of benzene rings is 4. The van der Waals surface area contributed by atoms with E-state index in [1.165, 1.54) is 12.1 Å². The number of rotatable bonds is 10. The largest absolute Gasteiger partial charge is 0.489 e. The second-order valence-electron chi connectivity index (χ2n) is 8.47. The predicted octanol–water partition coefficient (Wildman–Crippen LogP) is 5.55. The first kappa shape index (κ1) is 26.9. The van der Waals surface area contributed by atoms with Crippen molar-refractivity contribution in [2.24, 2.45) is 0 Å². The fourth-order valence-electron chi connectivity index (χ4n) is 3.73. The third kappa shape index (κ3) is 7.00. The van der Waals surface area contributed by atoms with Gasteiger partial charge in [0.05, 0.1) is 17.6 Å². The van der Waals surface area contributed by atoms with E-state index < -0.39 is 22.5 Å². The Bertz CT molecular complexity index is 1530. The van der Waals surface area contributed by atoms with Gasteiger partial charge in [0, 0.05) is 16.1 Å². The van der Waals surface area contributed by atoms with Gasteiger partial charge < -0.3 is 10.1 Å². The standard InChI is InChI=1S/C29H25ClN2O5S/c1-38(35,36)32(24-13-15-25(16-14-24)37-20-21-8-4-2-5-9-21)19-28(33)31-27-17-12-23(30)18-26(27)29(34)22-10-6-3-7-11-22/h2-18H,19-20H2,1H3,(H,31,33). The van der Waals surface area contributed by atoms with Crippen LogP contribution in [0.4, 0.5) is 11.4 Å². The molecule has 0 unspecified atom stereocenters. The van der Waals surface area contributed by atoms with E-state index in [1.54, 1.807) is 60.7 Å². The Kier molecular flexibility index (Phi) is 8.45. The number of carbonyl (C=O) groups excluding carboxylic acids is 2. The van der Waals surface area contributed by atoms with E-state index in [1.807, 2.05) is 30.3 Å². The number of ketones is 1. The third-order valence-corrected chi connectivity index (χ3v) is 6.97. The highest BCUT2D eigenvalue weighted by Crippen LogP contribution is 2.25. The van der Waals surface area contributed by atoms with E-state index in [9.17, 15) is 18.0 Å². The van der Waals surface area contributed by atoms with Crippen LogP contribution < -0.4 is 14.4 Å². The molecule has 0 atom stereocenters. The highest BCUT2D eigenvalue weighted by molar-refractivity contribution is 7.92. The maximum atomic E-state index is 13.1. The van der Waals surface area contributed by atoms with Crippen LogP contribution in [0.5, 0.6) is 5.75 Å². The van der Waals surface area contributed by atoms with Crippen LogP contribution >= 0.6 is 11.6 Å². The Morgan fingerprint density at radius 2 is 1.50 bits per heavy atom. The van der Waals surface area contributed by atoms with Gasteiger partial charge in [-0.3, -0.25) is 13.9 Å². The second kappa shape index (κ2) is 11.9. The minimum absolute atomic E-state index is 0.197. The number of hydrogen-bond acceptors (Lipinski definition) is 5. The molecule has 0 aliphatic rings. The van der Waals surface area contributed by atoms with Crippen molar-refractivity contribution in [3.63, 3.8) is 0 Å². The van der Waals surface area contributed by atoms with E-state index in [4.69, 9.17) is 16.3 Å². The summed E-state index contributed by atoms with van der Waals surface area (Å²) in [6, 6.07) is 29.2. The molecule has 0 aliphatic carbocycles. The number of sulfonamides is 1. The molecule has 0 spiro atoms. The third-order valence-electron chi connectivity index (χ3n) is 5.60. The maximum Gasteiger partial charge on any atom is 0.245 e. The number of hydrogen-bond donors (Lipinski definition) is 1. The van der Waals surface area contributed by atoms with Crippen molar-refractivity contribution in [3.05, 3.63) is 125 Å². The van der Waals surface area contributed by atoms with Gasteiger partial charge in [-0.25, -0.2) is 8.42 Å². The summed E-state index contributed by atoms with van der Waals surface area (Å²) in [5.41, 5.74) is 2.15. The summed E-state index contributed by atoms with van der Waals surface area (Å²) in [7, 11) is -3.81. The molecule has 194 valence electrons. The zero-order valence-electron chi connectivity index (χ0n) is 20.5. The van der Waals surface area contributed by atoms with Crippen LogP contribution in [0.1, 0.15) is 21.5 Å². The quantitative estimate of drug-likeness (QED) is 0.262. The highest BCUT2D eigenvalue weighted by atomic mass is 35.5. The van der Waals surface area contributed by atoms with Gasteiger partial charge in [0.25, 0.3) is 0 Å². The Hall–Kier alpha value is -4.14. The maximum absolute atomic E-state index is 13.1. The fourth-order valence-corrected chi connectivity index (χ4v) is 4.76. The molecule has 7 nitrogen and oxygen atoms in total. The van der Waals surface area contributed by atoms with Gasteiger partial charge in [0.1, 0.15) is 18.9 Å². The molecule has 1 amide bonds. The summed E-state index contributed by atoms with van der Waals surface area (Å²) < 4.78 is 31.9. The van der Waals surface area contributed by atoms with Gasteiger partial charge in [-0.15, -0.1) is 0 Å². The SMILES string of the molecule is CS(=O)(=O)N(CC(=O)Nc1ccc(Cl)cc1C(=O)c1ccccc1)c1ccc(OCc2ccccc2)cc1. The molecule has 0 aliphatic heterocycles. The first-order valence-corrected chi connectivity index (χ1v) is 13.9. The van der Waals surface area contributed by atoms with Gasteiger partial charge in [0.2, 0.25) is 15.9 Å². The Labute approximate surface area is 226 Å². The molecular weight excluding hydrogens is 524 g/mol. The molecule has 1 N–H and O–H groups in total. The lowest BCUT2D eigenvalue weighted by Crippen LogP contribution is -2.37. The molecule has 0 radical (unpaired) electrons. The van der Waals surface area contributed by atoms with Gasteiger partial charge in [-0.05, 0) is 48.0 Å². The number of carbonyl (C=O) groups is 2. The normalized spacial score (nSPS) is 11.0. The minimum Gasteiger partial charge on any atom is -0.489 e. The molecule has 0 aromatic heterocycles. The smallest absolute Gasteiger partial charge is 0.245 e. The Balaban J connectivity index is 1.49. The summed E-state index contributed by atoms with van der Waals surface area (Å²) in [6.45, 7) is -0.131. The predicted molar refractivity (Wildman–Crippen MR) is 149 cm³/mol. The van der Waals surface area contributed by atoms with Gasteiger partial charge in [-0.1, -0.05) is 72.3 Å². The molecular formula is C29H25ClN2O5S. The number of nitrogens with zero attached hydrogens (tertiary/aromatic N) is 1. The van der Waals surface area contributed by atoms with Crippen LogP contribution in [0.15, 0.2) is 103 Å². The average Bonchev–Trinajstić information content (AvgIpc) is 2.92. The topological polar surface area (TPSA) is 92.8 Å². The molecule has 0 fully saturated rings. The summed E-state index contributed by atoms with van der Waals surface area (Å²) in [4.78, 5) is 26.0. The van der Waals surface area contributed by atoms with E-state index in [0.717, 1.165) is 16.1 Å². The van der Waals surface area contributed by atoms with E-state index >= 15 is 0 Å². The van der Waals surface area contributed by atoms with Crippen LogP contribution in [0.3, 0.4) is 0 Å². The zero-order valence-corrected chi connectivity index (χ0v) is 22.1. The summed E-state index contributed by atoms with van der Waals surface area (Å²) in [5, 5.41) is 2.99. The molecule has 0 saturated heterocycles. The number of ether oxygens (including phenoxy) is 1. The van der Waals surface area contributed by atoms with Crippen LogP contribution in [0.2, 0.25) is 5.02 Å². The lowest BCUT2D eigenvalue weighted by Gasteiger charge is -2.22. The summed E-state index contributed by atoms with van der Waals surface area (Å²) in [5.74, 6) is -0.389. The number of amides is 1. The Morgan fingerprint density at radius 3 is 2.13 bits per heavy atom. The average molecular weight is 549 g/mol. The lowest BCUT2D eigenvalue weighted by molar-refractivity contribution is -0.114. The van der Waals surface area contributed by atoms with Crippen LogP contribution in [0, 0.1) is 0 Å². The van der Waals surface area contributed by atoms with Crippen molar-refractivity contribution in [1.29, 1.82) is 0 Å². The number of nitrogens with one attached hydrogen (secondary N) is 1. The molecule has 4 aromatic carbocycles. The first-order chi connectivity index (χ1) is 18.2. The first-order valence-electron chi connectivity index (χ1n) is 11.6. The fraction of sp³-hybridized carbons (Fsp3) is 0.103. The minimum atomic E-state index is -3.81. The van der Waals surface area contributed by atoms with Crippen LogP contribution in [-0.2, 0) is 21.4 Å². The van der Waals surface area contributed by atoms with Crippen molar-refractivity contribution in [2.45, 2.75) is 6.61 Å². The van der Waals surface area contributed by atoms with Crippen LogP contribution in [0.25, 0.3) is 0 Å². The molecule has 4 rings (SSSR count). The van der Waals surface area contributed by atoms with E-state index in [0.29, 0.717) is 28.6 Å². The van der Waals surface area contributed by atoms with Crippen molar-refractivity contribution >= 4 is 44.7 Å². The van der Waals surface area contributed by atoms with Crippen LogP contribution in [-0.4, -0.2) is 32.9 Å². The number of anilines is 2. The van der Waals surface area contributed by atoms with Gasteiger partial charge >= 0.3 is 0 Å². The molecule has 0 heterocycles. The highest BCUT2D eigenvalue weighted by Gasteiger charge is 2.23. The summed E-state index contributed by atoms with van der Waals surface area (Å²) in [6.07, 6.45) is 1.02. The molecule has 9 heteroatoms. The molecule has 4 aromatic rings. The van der Waals surface area contributed by atoms with E-state index in [-0.39, 0.29) is 17.0 Å². The van der Waals surface area contributed by atoms with Crippen molar-refractivity contribution in [2.75, 3.05) is 22.4 Å². The van der Waals surface area contributed by atoms with Gasteiger partial charge in [-0.2, -0.15) is 0 Å². The molecule has 0 bridgehead atoms. The zero-order chi connectivity index (χ0) is 27.1. The second-order valence-corrected chi connectivity index (χ2v) is 10.8. The van der Waals surface area contributed by atoms with Crippen molar-refractivity contribution in [1.82, 2.24) is 0 Å². The number of halogens is 1. The molecule has 0 saturated carbocycles. The van der Waals surface area contributed by atoms with E-state index in [2.05, 4.69) is 5.32 Å².